The van der Waals surface area contributed by atoms with Gasteiger partial charge < -0.3 is 28.7 Å². The van der Waals surface area contributed by atoms with Crippen LogP contribution in [0.15, 0.2) is 69.9 Å². The van der Waals surface area contributed by atoms with Crippen LogP contribution in [-0.4, -0.2) is 33.8 Å². The SMILES string of the molecule is COc1ccc(NC(=O)COc2ccc3c(=O)c(-c4ccc(OC)c(OC)c4)c(C(F)(F)F)oc3c2)cc1. The number of amides is 1. The molecule has 0 unspecified atom stereocenters. The molecule has 0 aliphatic heterocycles. The molecule has 198 valence electrons. The minimum Gasteiger partial charge on any atom is -0.497 e. The summed E-state index contributed by atoms with van der Waals surface area (Å²) in [6.07, 6.45) is -4.98. The van der Waals surface area contributed by atoms with Crippen LogP contribution in [-0.2, 0) is 11.0 Å². The van der Waals surface area contributed by atoms with Crippen molar-refractivity contribution in [2.45, 2.75) is 6.18 Å². The summed E-state index contributed by atoms with van der Waals surface area (Å²) < 4.78 is 68.0. The number of carbonyl (C=O) groups is 1. The fourth-order valence-electron chi connectivity index (χ4n) is 3.74. The van der Waals surface area contributed by atoms with Crippen molar-refractivity contribution in [3.8, 4) is 34.1 Å². The standard InChI is InChI=1S/C27H22F3NO7/c1-34-17-7-5-16(6-8-17)31-23(32)14-37-18-9-10-19-21(13-18)38-26(27(28,29)30)24(25(19)33)15-4-11-20(35-2)22(12-15)36-3/h4-13H,14H2,1-3H3,(H,31,32). The summed E-state index contributed by atoms with van der Waals surface area (Å²) in [6.45, 7) is -0.433. The number of methoxy groups -OCH3 is 3. The van der Waals surface area contributed by atoms with Gasteiger partial charge in [-0.1, -0.05) is 6.07 Å². The molecule has 1 aromatic heterocycles. The zero-order valence-electron chi connectivity index (χ0n) is 20.5. The Morgan fingerprint density at radius 3 is 2.18 bits per heavy atom. The Morgan fingerprint density at radius 1 is 0.868 bits per heavy atom. The van der Waals surface area contributed by atoms with Crippen LogP contribution in [0, 0.1) is 0 Å². The summed E-state index contributed by atoms with van der Waals surface area (Å²) in [5, 5.41) is 2.52. The molecular weight excluding hydrogens is 507 g/mol. The van der Waals surface area contributed by atoms with E-state index < -0.39 is 35.4 Å². The lowest BCUT2D eigenvalue weighted by atomic mass is 10.0. The first-order chi connectivity index (χ1) is 18.1. The smallest absolute Gasteiger partial charge is 0.450 e. The van der Waals surface area contributed by atoms with Crippen molar-refractivity contribution in [3.63, 3.8) is 0 Å². The highest BCUT2D eigenvalue weighted by atomic mass is 19.4. The molecule has 38 heavy (non-hydrogen) atoms. The third-order valence-corrected chi connectivity index (χ3v) is 5.54. The lowest BCUT2D eigenvalue weighted by Crippen LogP contribution is -2.20. The Balaban J connectivity index is 1.64. The van der Waals surface area contributed by atoms with Gasteiger partial charge in [-0.15, -0.1) is 0 Å². The third-order valence-electron chi connectivity index (χ3n) is 5.54. The summed E-state index contributed by atoms with van der Waals surface area (Å²) in [5.41, 5.74) is -1.46. The molecule has 0 aliphatic rings. The first-order valence-corrected chi connectivity index (χ1v) is 11.1. The Labute approximate surface area is 214 Å². The molecule has 0 spiro atoms. The van der Waals surface area contributed by atoms with Crippen LogP contribution >= 0.6 is 0 Å². The van der Waals surface area contributed by atoms with E-state index in [1.54, 1.807) is 24.3 Å². The molecule has 4 aromatic rings. The van der Waals surface area contributed by atoms with Crippen LogP contribution < -0.4 is 29.7 Å². The zero-order valence-corrected chi connectivity index (χ0v) is 20.5. The molecule has 0 fully saturated rings. The van der Waals surface area contributed by atoms with Gasteiger partial charge in [0.15, 0.2) is 18.1 Å². The lowest BCUT2D eigenvalue weighted by Gasteiger charge is -2.15. The Hall–Kier alpha value is -4.67. The summed E-state index contributed by atoms with van der Waals surface area (Å²) in [4.78, 5) is 25.5. The molecule has 0 bridgehead atoms. The molecule has 0 aliphatic carbocycles. The maximum atomic E-state index is 14.0. The summed E-state index contributed by atoms with van der Waals surface area (Å²) in [5.74, 6) is -0.892. The average molecular weight is 529 g/mol. The van der Waals surface area contributed by atoms with E-state index in [1.807, 2.05) is 0 Å². The maximum Gasteiger partial charge on any atom is 0.450 e. The van der Waals surface area contributed by atoms with Gasteiger partial charge in [0.2, 0.25) is 11.2 Å². The van der Waals surface area contributed by atoms with E-state index in [9.17, 15) is 22.8 Å². The normalized spacial score (nSPS) is 11.2. The molecule has 0 radical (unpaired) electrons. The van der Waals surface area contributed by atoms with E-state index in [1.165, 1.54) is 51.7 Å². The predicted molar refractivity (Wildman–Crippen MR) is 133 cm³/mol. The van der Waals surface area contributed by atoms with Gasteiger partial charge in [-0.2, -0.15) is 13.2 Å². The molecular formula is C27H22F3NO7. The van der Waals surface area contributed by atoms with Gasteiger partial charge in [0, 0.05) is 11.8 Å². The fourth-order valence-corrected chi connectivity index (χ4v) is 3.74. The van der Waals surface area contributed by atoms with Gasteiger partial charge in [-0.05, 0) is 54.1 Å². The minimum absolute atomic E-state index is 0.0394. The van der Waals surface area contributed by atoms with Crippen LogP contribution in [0.3, 0.4) is 0 Å². The topological polar surface area (TPSA) is 96.2 Å². The van der Waals surface area contributed by atoms with Crippen LogP contribution in [0.5, 0.6) is 23.0 Å². The highest BCUT2D eigenvalue weighted by Gasteiger charge is 2.39. The number of fused-ring (bicyclic) bond motifs is 1. The quantitative estimate of drug-likeness (QED) is 0.321. The van der Waals surface area contributed by atoms with Gasteiger partial charge in [0.25, 0.3) is 5.91 Å². The van der Waals surface area contributed by atoms with Crippen LogP contribution in [0.1, 0.15) is 5.76 Å². The van der Waals surface area contributed by atoms with E-state index in [0.29, 0.717) is 11.4 Å². The number of rotatable bonds is 8. The number of hydrogen-bond acceptors (Lipinski definition) is 7. The largest absolute Gasteiger partial charge is 0.497 e. The predicted octanol–water partition coefficient (Wildman–Crippen LogP) is 5.52. The Bertz CT molecular complexity index is 1530. The van der Waals surface area contributed by atoms with Gasteiger partial charge in [0.05, 0.1) is 32.3 Å². The highest BCUT2D eigenvalue weighted by molar-refractivity contribution is 5.92. The fraction of sp³-hybridized carbons (Fsp3) is 0.185. The molecule has 4 rings (SSSR count). The Kier molecular flexibility index (Phi) is 7.47. The molecule has 1 heterocycles. The summed E-state index contributed by atoms with van der Waals surface area (Å²) in [7, 11) is 4.22. The maximum absolute atomic E-state index is 14.0. The number of anilines is 1. The van der Waals surface area contributed by atoms with Crippen molar-refractivity contribution in [2.24, 2.45) is 0 Å². The molecule has 0 saturated heterocycles. The van der Waals surface area contributed by atoms with Crippen molar-refractivity contribution in [1.29, 1.82) is 0 Å². The molecule has 3 aromatic carbocycles. The second-order valence-corrected chi connectivity index (χ2v) is 7.93. The third kappa shape index (κ3) is 5.51. The number of benzene rings is 3. The molecule has 0 atom stereocenters. The summed E-state index contributed by atoms with van der Waals surface area (Å²) in [6, 6.07) is 14.3. The van der Waals surface area contributed by atoms with Gasteiger partial charge in [0.1, 0.15) is 17.1 Å². The molecule has 0 saturated carbocycles. The zero-order chi connectivity index (χ0) is 27.4. The van der Waals surface area contributed by atoms with E-state index in [2.05, 4.69) is 5.32 Å². The minimum atomic E-state index is -4.98. The highest BCUT2D eigenvalue weighted by Crippen LogP contribution is 2.40. The Morgan fingerprint density at radius 2 is 1.55 bits per heavy atom. The molecule has 8 nitrogen and oxygen atoms in total. The average Bonchev–Trinajstić information content (AvgIpc) is 2.91. The number of halogens is 3. The van der Waals surface area contributed by atoms with Crippen molar-refractivity contribution < 1.29 is 41.3 Å². The van der Waals surface area contributed by atoms with Crippen molar-refractivity contribution in [2.75, 3.05) is 33.3 Å². The number of carbonyl (C=O) groups excluding carboxylic acids is 1. The molecule has 11 heteroatoms. The van der Waals surface area contributed by atoms with Crippen LogP contribution in [0.2, 0.25) is 0 Å². The van der Waals surface area contributed by atoms with Crippen LogP contribution in [0.25, 0.3) is 22.1 Å². The number of alkyl halides is 3. The number of ether oxygens (including phenoxy) is 4. The second kappa shape index (κ2) is 10.8. The number of nitrogens with one attached hydrogen (secondary N) is 1. The monoisotopic (exact) mass is 529 g/mol. The van der Waals surface area contributed by atoms with Crippen LogP contribution in [0.4, 0.5) is 18.9 Å². The van der Waals surface area contributed by atoms with Crippen molar-refractivity contribution >= 4 is 22.6 Å². The van der Waals surface area contributed by atoms with E-state index in [4.69, 9.17) is 23.4 Å². The van der Waals surface area contributed by atoms with Crippen molar-refractivity contribution in [3.05, 3.63) is 76.6 Å². The van der Waals surface area contributed by atoms with Crippen molar-refractivity contribution in [1.82, 2.24) is 0 Å². The first-order valence-electron chi connectivity index (χ1n) is 11.1. The lowest BCUT2D eigenvalue weighted by molar-refractivity contribution is -0.152. The second-order valence-electron chi connectivity index (χ2n) is 7.93. The molecule has 1 amide bonds. The first kappa shape index (κ1) is 26.4. The molecule has 1 N–H and O–H groups in total. The van der Waals surface area contributed by atoms with E-state index in [0.717, 1.165) is 6.07 Å². The van der Waals surface area contributed by atoms with Gasteiger partial charge in [-0.3, -0.25) is 9.59 Å². The van der Waals surface area contributed by atoms with Gasteiger partial charge >= 0.3 is 6.18 Å². The number of hydrogen-bond donors (Lipinski definition) is 1. The van der Waals surface area contributed by atoms with E-state index >= 15 is 0 Å². The summed E-state index contributed by atoms with van der Waals surface area (Å²) >= 11 is 0. The van der Waals surface area contributed by atoms with E-state index in [-0.39, 0.29) is 33.8 Å². The van der Waals surface area contributed by atoms with Gasteiger partial charge in [-0.25, -0.2) is 0 Å².